The van der Waals surface area contributed by atoms with Crippen LogP contribution in [0.2, 0.25) is 0 Å². The van der Waals surface area contributed by atoms with Crippen LogP contribution in [0.5, 0.6) is 11.5 Å². The minimum absolute atomic E-state index is 0.0471. The fraction of sp³-hybridized carbons (Fsp3) is 0.419. The largest absolute Gasteiger partial charge is 0.506 e. The predicted molar refractivity (Wildman–Crippen MR) is 150 cm³/mol. The molecule has 0 fully saturated rings. The van der Waals surface area contributed by atoms with Gasteiger partial charge < -0.3 is 20.5 Å². The van der Waals surface area contributed by atoms with Gasteiger partial charge in [0.1, 0.15) is 11.5 Å². The van der Waals surface area contributed by atoms with Crippen molar-refractivity contribution in [3.63, 3.8) is 0 Å². The van der Waals surface area contributed by atoms with Gasteiger partial charge in [-0.05, 0) is 47.6 Å². The lowest BCUT2D eigenvalue weighted by molar-refractivity contribution is -0.114. The first-order valence-electron chi connectivity index (χ1n) is 13.4. The maximum Gasteiger partial charge on any atom is 0.255 e. The highest BCUT2D eigenvalue weighted by atomic mass is 16.5. The van der Waals surface area contributed by atoms with Gasteiger partial charge in [0.25, 0.3) is 5.91 Å². The van der Waals surface area contributed by atoms with Gasteiger partial charge in [0.15, 0.2) is 0 Å². The molecule has 0 aliphatic carbocycles. The van der Waals surface area contributed by atoms with Gasteiger partial charge in [-0.25, -0.2) is 0 Å². The van der Waals surface area contributed by atoms with Crippen LogP contribution in [0.3, 0.4) is 0 Å². The zero-order chi connectivity index (χ0) is 26.6. The Hall–Kier alpha value is -3.54. The molecule has 0 saturated heterocycles. The summed E-state index contributed by atoms with van der Waals surface area (Å²) in [4.78, 5) is 24.6. The Morgan fingerprint density at radius 2 is 1.73 bits per heavy atom. The van der Waals surface area contributed by atoms with E-state index in [1.807, 2.05) is 36.4 Å². The van der Waals surface area contributed by atoms with Gasteiger partial charge in [0.2, 0.25) is 5.91 Å². The van der Waals surface area contributed by atoms with E-state index in [-0.39, 0.29) is 23.8 Å². The molecule has 2 amide bonds. The molecule has 0 aromatic heterocycles. The lowest BCUT2D eigenvalue weighted by atomic mass is 10.0. The molecule has 0 radical (unpaired) electrons. The topological polar surface area (TPSA) is 87.7 Å². The molecule has 0 saturated carbocycles. The standard InChI is InChI=1S/C31H40N2O4/c1-4-5-6-7-8-9-12-22(2)21-37-26-16-18-29(33-23(3)34)25(19-26)20-32-31(36)28-17-15-24-13-10-11-14-27(24)30(28)35/h10-11,13-19,22,35H,4-9,12,20-21H2,1-3H3,(H,32,36)(H,33,34). The summed E-state index contributed by atoms with van der Waals surface area (Å²) in [6.07, 6.45) is 8.83. The van der Waals surface area contributed by atoms with Crippen molar-refractivity contribution in [3.05, 3.63) is 65.7 Å². The Balaban J connectivity index is 1.61. The van der Waals surface area contributed by atoms with Crippen molar-refractivity contribution in [3.8, 4) is 11.5 Å². The molecule has 3 aromatic rings. The van der Waals surface area contributed by atoms with E-state index in [0.29, 0.717) is 29.3 Å². The summed E-state index contributed by atoms with van der Waals surface area (Å²) in [5.74, 6) is 0.507. The van der Waals surface area contributed by atoms with Crippen LogP contribution in [0.25, 0.3) is 10.8 Å². The second kappa shape index (κ2) is 14.3. The highest BCUT2D eigenvalue weighted by Gasteiger charge is 2.15. The Bertz CT molecular complexity index is 1190. The summed E-state index contributed by atoms with van der Waals surface area (Å²) in [6.45, 7) is 6.67. The van der Waals surface area contributed by atoms with Gasteiger partial charge in [-0.3, -0.25) is 9.59 Å². The van der Waals surface area contributed by atoms with Gasteiger partial charge in [0, 0.05) is 24.5 Å². The molecule has 3 rings (SSSR count). The Kier molecular flexibility index (Phi) is 10.8. The summed E-state index contributed by atoms with van der Waals surface area (Å²) in [6, 6.07) is 16.3. The number of carbonyl (C=O) groups is 2. The SMILES string of the molecule is CCCCCCCCC(C)COc1ccc(NC(C)=O)c(CNC(=O)c2ccc3ccccc3c2O)c1. The Morgan fingerprint density at radius 1 is 0.973 bits per heavy atom. The number of amides is 2. The minimum Gasteiger partial charge on any atom is -0.506 e. The first kappa shape index (κ1) is 28.0. The molecular formula is C31H40N2O4. The smallest absolute Gasteiger partial charge is 0.255 e. The highest BCUT2D eigenvalue weighted by Crippen LogP contribution is 2.29. The molecule has 37 heavy (non-hydrogen) atoms. The number of hydrogen-bond donors (Lipinski definition) is 3. The van der Waals surface area contributed by atoms with E-state index in [1.54, 1.807) is 18.2 Å². The maximum absolute atomic E-state index is 12.9. The number of phenolic OH excluding ortho intramolecular Hbond substituents is 1. The normalized spacial score (nSPS) is 11.8. The van der Waals surface area contributed by atoms with Crippen LogP contribution in [0.1, 0.15) is 81.6 Å². The van der Waals surface area contributed by atoms with E-state index < -0.39 is 5.91 Å². The molecule has 0 aliphatic rings. The summed E-state index contributed by atoms with van der Waals surface area (Å²) in [7, 11) is 0. The Morgan fingerprint density at radius 3 is 2.51 bits per heavy atom. The van der Waals surface area contributed by atoms with E-state index in [2.05, 4.69) is 24.5 Å². The van der Waals surface area contributed by atoms with Crippen LogP contribution in [0.4, 0.5) is 5.69 Å². The third-order valence-electron chi connectivity index (χ3n) is 6.56. The van der Waals surface area contributed by atoms with E-state index in [1.165, 1.54) is 45.4 Å². The number of nitrogens with one attached hydrogen (secondary N) is 2. The molecule has 0 bridgehead atoms. The van der Waals surface area contributed by atoms with Crippen LogP contribution in [0, 0.1) is 5.92 Å². The quantitative estimate of drug-likeness (QED) is 0.203. The molecular weight excluding hydrogens is 464 g/mol. The van der Waals surface area contributed by atoms with Crippen molar-refractivity contribution >= 4 is 28.3 Å². The lowest BCUT2D eigenvalue weighted by Crippen LogP contribution is -2.24. The monoisotopic (exact) mass is 504 g/mol. The second-order valence-electron chi connectivity index (χ2n) is 9.84. The summed E-state index contributed by atoms with van der Waals surface area (Å²) in [5, 5.41) is 17.8. The molecule has 1 unspecified atom stereocenters. The zero-order valence-electron chi connectivity index (χ0n) is 22.3. The van der Waals surface area contributed by atoms with Gasteiger partial charge in [-0.1, -0.05) is 82.7 Å². The van der Waals surface area contributed by atoms with Crippen molar-refractivity contribution in [2.75, 3.05) is 11.9 Å². The average molecular weight is 505 g/mol. The number of aromatic hydroxyl groups is 1. The van der Waals surface area contributed by atoms with Crippen molar-refractivity contribution in [2.24, 2.45) is 5.92 Å². The minimum atomic E-state index is -0.393. The van der Waals surface area contributed by atoms with Crippen molar-refractivity contribution < 1.29 is 19.4 Å². The van der Waals surface area contributed by atoms with Gasteiger partial charge >= 0.3 is 0 Å². The summed E-state index contributed by atoms with van der Waals surface area (Å²) < 4.78 is 6.06. The molecule has 0 spiro atoms. The number of carbonyl (C=O) groups excluding carboxylic acids is 2. The van der Waals surface area contributed by atoms with Crippen LogP contribution in [-0.2, 0) is 11.3 Å². The predicted octanol–water partition coefficient (Wildman–Crippen LogP) is 7.20. The Labute approximate surface area is 220 Å². The number of ether oxygens (including phenoxy) is 1. The molecule has 6 heteroatoms. The van der Waals surface area contributed by atoms with Crippen LogP contribution >= 0.6 is 0 Å². The van der Waals surface area contributed by atoms with Gasteiger partial charge in [0.05, 0.1) is 12.2 Å². The molecule has 0 heterocycles. The van der Waals surface area contributed by atoms with Crippen molar-refractivity contribution in [2.45, 2.75) is 72.3 Å². The van der Waals surface area contributed by atoms with Crippen LogP contribution in [0.15, 0.2) is 54.6 Å². The third-order valence-corrected chi connectivity index (χ3v) is 6.56. The fourth-order valence-electron chi connectivity index (χ4n) is 4.42. The van der Waals surface area contributed by atoms with E-state index >= 15 is 0 Å². The fourth-order valence-corrected chi connectivity index (χ4v) is 4.42. The first-order valence-corrected chi connectivity index (χ1v) is 13.4. The maximum atomic E-state index is 12.9. The van der Waals surface area contributed by atoms with Crippen LogP contribution < -0.4 is 15.4 Å². The van der Waals surface area contributed by atoms with Gasteiger partial charge in [-0.2, -0.15) is 0 Å². The molecule has 3 N–H and O–H groups in total. The summed E-state index contributed by atoms with van der Waals surface area (Å²) >= 11 is 0. The zero-order valence-corrected chi connectivity index (χ0v) is 22.3. The van der Waals surface area contributed by atoms with E-state index in [9.17, 15) is 14.7 Å². The van der Waals surface area contributed by atoms with Crippen LogP contribution in [-0.4, -0.2) is 23.5 Å². The van der Waals surface area contributed by atoms with Crippen molar-refractivity contribution in [1.82, 2.24) is 5.32 Å². The molecule has 6 nitrogen and oxygen atoms in total. The van der Waals surface area contributed by atoms with Gasteiger partial charge in [-0.15, -0.1) is 0 Å². The van der Waals surface area contributed by atoms with Crippen molar-refractivity contribution in [1.29, 1.82) is 0 Å². The number of phenols is 1. The number of anilines is 1. The second-order valence-corrected chi connectivity index (χ2v) is 9.84. The third kappa shape index (κ3) is 8.52. The number of unbranched alkanes of at least 4 members (excludes halogenated alkanes) is 5. The highest BCUT2D eigenvalue weighted by molar-refractivity contribution is 6.03. The van der Waals surface area contributed by atoms with E-state index in [4.69, 9.17) is 4.74 Å². The number of fused-ring (bicyclic) bond motifs is 1. The molecule has 1 atom stereocenters. The van der Waals surface area contributed by atoms with E-state index in [0.717, 1.165) is 17.4 Å². The lowest BCUT2D eigenvalue weighted by Gasteiger charge is -2.16. The number of rotatable bonds is 14. The molecule has 198 valence electrons. The summed E-state index contributed by atoms with van der Waals surface area (Å²) in [5.41, 5.74) is 1.55. The average Bonchev–Trinajstić information content (AvgIpc) is 2.89. The number of hydrogen-bond acceptors (Lipinski definition) is 4. The molecule has 3 aromatic carbocycles. The number of benzene rings is 3. The molecule has 0 aliphatic heterocycles. The first-order chi connectivity index (χ1) is 17.9.